The zero-order valence-corrected chi connectivity index (χ0v) is 46.0. The van der Waals surface area contributed by atoms with Gasteiger partial charge in [0.2, 0.25) is 5.69 Å². The van der Waals surface area contributed by atoms with Gasteiger partial charge in [0, 0.05) is 34.1 Å². The summed E-state index contributed by atoms with van der Waals surface area (Å²) in [6.45, 7) is 9.21. The third kappa shape index (κ3) is 10.4. The van der Waals surface area contributed by atoms with Gasteiger partial charge in [0.15, 0.2) is 0 Å². The summed E-state index contributed by atoms with van der Waals surface area (Å²) in [6.07, 6.45) is 0. The van der Waals surface area contributed by atoms with Crippen molar-refractivity contribution in [3.8, 4) is 95.1 Å². The summed E-state index contributed by atoms with van der Waals surface area (Å²) in [4.78, 5) is 9.03. The van der Waals surface area contributed by atoms with Crippen LogP contribution in [0.3, 0.4) is 0 Å². The normalized spacial score (nSPS) is 10.8. The van der Waals surface area contributed by atoms with Gasteiger partial charge in [-0.3, -0.25) is 0 Å². The highest BCUT2D eigenvalue weighted by molar-refractivity contribution is 6.09. The molecule has 13 aromatic carbocycles. The molecule has 0 amide bonds. The highest BCUT2D eigenvalue weighted by Gasteiger charge is 2.29. The topological polar surface area (TPSA) is 34.6 Å². The minimum Gasteiger partial charge on any atom is -0.311 e. The number of nitrogens with zero attached hydrogens (tertiary/aromatic N) is 4. The Kier molecular flexibility index (Phi) is 14.6. The van der Waals surface area contributed by atoms with Crippen LogP contribution in [0, 0.1) is 17.9 Å². The summed E-state index contributed by atoms with van der Waals surface area (Å²) >= 11 is 0. The fraction of sp³-hybridized carbons (Fsp3) is 0. The zero-order valence-electron chi connectivity index (χ0n) is 46.0. The third-order valence-corrected chi connectivity index (χ3v) is 15.6. The van der Waals surface area contributed by atoms with Gasteiger partial charge < -0.3 is 9.80 Å². The van der Waals surface area contributed by atoms with Crippen LogP contribution in [0.2, 0.25) is 0 Å². The molecule has 0 radical (unpaired) electrons. The standard InChI is InChI=1S/C80H54N4/c1-82-80-78(66-30-18-7-19-31-66)77(67-40-52-73(53-41-67)83(69-44-32-61(33-45-69)57-20-8-2-9-21-57)70-46-34-62(35-47-70)58-22-10-3-11-23-58)75(56-81)76(65-28-16-6-17-29-65)79(80)68-42-54-74(55-43-68)84(71-48-36-63(37-49-71)59-24-12-4-13-25-59)72-50-38-64(39-51-72)60-26-14-5-15-27-60/h2-55H. The Labute approximate surface area is 491 Å². The fourth-order valence-corrected chi connectivity index (χ4v) is 11.5. The van der Waals surface area contributed by atoms with Crippen LogP contribution >= 0.6 is 0 Å². The number of nitriles is 1. The van der Waals surface area contributed by atoms with E-state index in [1.54, 1.807) is 0 Å². The average molecular weight is 1070 g/mol. The lowest BCUT2D eigenvalue weighted by molar-refractivity contribution is 1.28. The van der Waals surface area contributed by atoms with Crippen LogP contribution in [0.15, 0.2) is 328 Å². The molecule has 0 heterocycles. The quantitative estimate of drug-likeness (QED) is 0.102. The molecular formula is C80H54N4. The van der Waals surface area contributed by atoms with Gasteiger partial charge in [-0.2, -0.15) is 5.26 Å². The van der Waals surface area contributed by atoms with Gasteiger partial charge in [0.25, 0.3) is 0 Å². The SMILES string of the molecule is [C-]#[N+]c1c(-c2ccccc2)c(-c2ccc(N(c3ccc(-c4ccccc4)cc3)c3ccc(-c4ccccc4)cc3)cc2)c(C#N)c(-c2ccccc2)c1-c1ccc(N(c2ccc(-c3ccccc3)cc2)c2ccc(-c3ccccc3)cc2)cc1. The van der Waals surface area contributed by atoms with E-state index in [9.17, 15) is 11.8 Å². The molecule has 0 spiro atoms. The van der Waals surface area contributed by atoms with Crippen LogP contribution in [0.5, 0.6) is 0 Å². The van der Waals surface area contributed by atoms with E-state index in [0.717, 1.165) is 101 Å². The van der Waals surface area contributed by atoms with Gasteiger partial charge in [-0.25, -0.2) is 4.85 Å². The summed E-state index contributed by atoms with van der Waals surface area (Å²) in [5.74, 6) is 0. The van der Waals surface area contributed by atoms with E-state index in [2.05, 4.69) is 263 Å². The van der Waals surface area contributed by atoms with E-state index in [1.807, 2.05) is 84.9 Å². The molecule has 0 saturated carbocycles. The molecule has 0 N–H and O–H groups in total. The summed E-state index contributed by atoms with van der Waals surface area (Å²) in [5.41, 5.74) is 22.1. The number of rotatable bonds is 14. The number of anilines is 6. The Hall–Kier alpha value is -11.6. The van der Waals surface area contributed by atoms with Crippen LogP contribution in [0.25, 0.3) is 93.9 Å². The molecule has 0 saturated heterocycles. The van der Waals surface area contributed by atoms with E-state index in [4.69, 9.17) is 0 Å². The molecule has 13 rings (SSSR count). The van der Waals surface area contributed by atoms with Gasteiger partial charge >= 0.3 is 0 Å². The first-order valence-corrected chi connectivity index (χ1v) is 28.2. The van der Waals surface area contributed by atoms with E-state index in [-0.39, 0.29) is 0 Å². The van der Waals surface area contributed by atoms with Crippen LogP contribution in [-0.2, 0) is 0 Å². The summed E-state index contributed by atoms with van der Waals surface area (Å²) in [7, 11) is 0. The molecule has 4 heteroatoms. The van der Waals surface area contributed by atoms with Crippen molar-refractivity contribution in [2.75, 3.05) is 9.80 Å². The van der Waals surface area contributed by atoms with Gasteiger partial charge in [-0.1, -0.05) is 255 Å². The molecule has 84 heavy (non-hydrogen) atoms. The molecule has 0 aliphatic carbocycles. The van der Waals surface area contributed by atoms with E-state index in [0.29, 0.717) is 33.5 Å². The molecule has 0 aliphatic rings. The fourth-order valence-electron chi connectivity index (χ4n) is 11.5. The van der Waals surface area contributed by atoms with Crippen molar-refractivity contribution in [2.45, 2.75) is 0 Å². The summed E-state index contributed by atoms with van der Waals surface area (Å²) in [5, 5.41) is 11.8. The van der Waals surface area contributed by atoms with Crippen molar-refractivity contribution in [2.24, 2.45) is 0 Å². The third-order valence-electron chi connectivity index (χ3n) is 15.6. The van der Waals surface area contributed by atoms with Crippen molar-refractivity contribution in [1.82, 2.24) is 0 Å². The van der Waals surface area contributed by atoms with Crippen LogP contribution in [0.4, 0.5) is 39.8 Å². The van der Waals surface area contributed by atoms with E-state index in [1.165, 1.54) is 0 Å². The predicted octanol–water partition coefficient (Wildman–Crippen LogP) is 22.4. The van der Waals surface area contributed by atoms with Crippen molar-refractivity contribution in [3.05, 3.63) is 345 Å². The van der Waals surface area contributed by atoms with Gasteiger partial charge in [0.1, 0.15) is 6.07 Å². The highest BCUT2D eigenvalue weighted by atomic mass is 15.1. The first kappa shape index (κ1) is 51.9. The Morgan fingerprint density at radius 2 is 0.405 bits per heavy atom. The van der Waals surface area contributed by atoms with Crippen LogP contribution in [-0.4, -0.2) is 0 Å². The van der Waals surface area contributed by atoms with Crippen LogP contribution in [0.1, 0.15) is 5.56 Å². The lowest BCUT2D eigenvalue weighted by Gasteiger charge is -2.27. The lowest BCUT2D eigenvalue weighted by atomic mass is 9.80. The maximum absolute atomic E-state index is 11.8. The molecular weight excluding hydrogens is 1020 g/mol. The summed E-state index contributed by atoms with van der Waals surface area (Å²) in [6, 6.07) is 116. The molecule has 0 fully saturated rings. The van der Waals surface area contributed by atoms with Crippen molar-refractivity contribution in [3.63, 3.8) is 0 Å². The maximum atomic E-state index is 11.8. The molecule has 394 valence electrons. The molecule has 0 aliphatic heterocycles. The highest BCUT2D eigenvalue weighted by Crippen LogP contribution is 2.54. The van der Waals surface area contributed by atoms with E-state index < -0.39 is 0 Å². The molecule has 4 nitrogen and oxygen atoms in total. The molecule has 0 aromatic heterocycles. The first-order valence-electron chi connectivity index (χ1n) is 28.2. The second-order valence-corrected chi connectivity index (χ2v) is 20.6. The zero-order chi connectivity index (χ0) is 56.6. The maximum Gasteiger partial charge on any atom is 0.203 e. The van der Waals surface area contributed by atoms with Crippen molar-refractivity contribution >= 4 is 39.8 Å². The first-order chi connectivity index (χ1) is 41.6. The summed E-state index contributed by atoms with van der Waals surface area (Å²) < 4.78 is 0. The van der Waals surface area contributed by atoms with Gasteiger partial charge in [0.05, 0.1) is 12.1 Å². The Balaban J connectivity index is 0.949. The average Bonchev–Trinajstić information content (AvgIpc) is 2.17. The van der Waals surface area contributed by atoms with Crippen molar-refractivity contribution in [1.29, 1.82) is 5.26 Å². The number of benzene rings is 13. The van der Waals surface area contributed by atoms with Gasteiger partial charge in [-0.05, 0) is 162 Å². The Bertz CT molecular complexity index is 3980. The largest absolute Gasteiger partial charge is 0.311 e. The monoisotopic (exact) mass is 1070 g/mol. The Morgan fingerprint density at radius 1 is 0.226 bits per heavy atom. The predicted molar refractivity (Wildman–Crippen MR) is 350 cm³/mol. The van der Waals surface area contributed by atoms with Crippen molar-refractivity contribution < 1.29 is 0 Å². The van der Waals surface area contributed by atoms with Crippen LogP contribution < -0.4 is 9.80 Å². The number of hydrogen-bond donors (Lipinski definition) is 0. The molecule has 0 unspecified atom stereocenters. The molecule has 0 bridgehead atoms. The smallest absolute Gasteiger partial charge is 0.203 e. The number of hydrogen-bond acceptors (Lipinski definition) is 3. The minimum atomic E-state index is 0.467. The molecule has 13 aromatic rings. The van der Waals surface area contributed by atoms with Gasteiger partial charge in [-0.15, -0.1) is 0 Å². The minimum absolute atomic E-state index is 0.467. The lowest BCUT2D eigenvalue weighted by Crippen LogP contribution is -2.10. The second kappa shape index (κ2) is 23.6. The second-order valence-electron chi connectivity index (χ2n) is 20.6. The molecule has 0 atom stereocenters. The Morgan fingerprint density at radius 3 is 0.631 bits per heavy atom. The van der Waals surface area contributed by atoms with E-state index >= 15 is 0 Å².